The quantitative estimate of drug-likeness (QED) is 0.890. The number of likely N-dealkylation sites (N-methyl/N-ethyl adjacent to an activating group) is 1. The largest absolute Gasteiger partial charge is 0.353 e. The molecule has 0 unspecified atom stereocenters. The summed E-state index contributed by atoms with van der Waals surface area (Å²) in [6.07, 6.45) is 7.87. The molecule has 6 heteroatoms. The van der Waals surface area contributed by atoms with Crippen LogP contribution in [0.25, 0.3) is 0 Å². The van der Waals surface area contributed by atoms with Gasteiger partial charge < -0.3 is 15.1 Å². The number of amides is 1. The van der Waals surface area contributed by atoms with E-state index in [2.05, 4.69) is 20.2 Å². The minimum Gasteiger partial charge on any atom is -0.353 e. The topological polar surface area (TPSA) is 61.4 Å². The SMILES string of the molecule is CN(C)CCNc1ncc(C(=O)N2CCCCCC2)cn1. The van der Waals surface area contributed by atoms with E-state index in [1.807, 2.05) is 19.0 Å². The van der Waals surface area contributed by atoms with Crippen LogP contribution in [-0.2, 0) is 0 Å². The summed E-state index contributed by atoms with van der Waals surface area (Å²) in [5.41, 5.74) is 0.579. The standard InChI is InChI=1S/C15H25N5O/c1-19(2)10-7-16-15-17-11-13(12-18-15)14(21)20-8-5-3-4-6-9-20/h11-12H,3-10H2,1-2H3,(H,16,17,18). The Hall–Kier alpha value is -1.69. The van der Waals surface area contributed by atoms with Gasteiger partial charge in [0.1, 0.15) is 0 Å². The van der Waals surface area contributed by atoms with Crippen molar-refractivity contribution < 1.29 is 4.79 Å². The van der Waals surface area contributed by atoms with E-state index in [4.69, 9.17) is 0 Å². The van der Waals surface area contributed by atoms with E-state index in [0.717, 1.165) is 39.0 Å². The number of carbonyl (C=O) groups excluding carboxylic acids is 1. The van der Waals surface area contributed by atoms with Crippen molar-refractivity contribution in [3.63, 3.8) is 0 Å². The first-order valence-corrected chi connectivity index (χ1v) is 7.67. The Morgan fingerprint density at radius 1 is 1.19 bits per heavy atom. The molecule has 116 valence electrons. The van der Waals surface area contributed by atoms with E-state index < -0.39 is 0 Å². The first-order valence-electron chi connectivity index (χ1n) is 7.67. The second-order valence-electron chi connectivity index (χ2n) is 5.73. The fraction of sp³-hybridized carbons (Fsp3) is 0.667. The zero-order valence-corrected chi connectivity index (χ0v) is 13.0. The molecule has 0 spiro atoms. The molecule has 0 aromatic carbocycles. The maximum atomic E-state index is 12.4. The van der Waals surface area contributed by atoms with E-state index in [1.165, 1.54) is 12.8 Å². The maximum Gasteiger partial charge on any atom is 0.256 e. The van der Waals surface area contributed by atoms with Crippen LogP contribution in [0.15, 0.2) is 12.4 Å². The molecule has 1 aliphatic rings. The van der Waals surface area contributed by atoms with Crippen LogP contribution in [0.2, 0.25) is 0 Å². The highest BCUT2D eigenvalue weighted by Gasteiger charge is 2.17. The highest BCUT2D eigenvalue weighted by molar-refractivity contribution is 5.93. The Morgan fingerprint density at radius 2 is 1.81 bits per heavy atom. The maximum absolute atomic E-state index is 12.4. The van der Waals surface area contributed by atoms with Gasteiger partial charge in [-0.3, -0.25) is 4.79 Å². The lowest BCUT2D eigenvalue weighted by Gasteiger charge is -2.20. The third-order valence-electron chi connectivity index (χ3n) is 3.63. The van der Waals surface area contributed by atoms with Crippen LogP contribution in [0.3, 0.4) is 0 Å². The van der Waals surface area contributed by atoms with Crippen LogP contribution in [0.1, 0.15) is 36.0 Å². The second kappa shape index (κ2) is 7.93. The summed E-state index contributed by atoms with van der Waals surface area (Å²) in [5.74, 6) is 0.626. The van der Waals surface area contributed by atoms with Gasteiger partial charge in [-0.2, -0.15) is 0 Å². The van der Waals surface area contributed by atoms with Crippen molar-refractivity contribution in [2.75, 3.05) is 45.6 Å². The molecule has 0 atom stereocenters. The van der Waals surface area contributed by atoms with Gasteiger partial charge in [0.15, 0.2) is 0 Å². The Bertz CT molecular complexity index is 438. The molecule has 1 aromatic heterocycles. The van der Waals surface area contributed by atoms with E-state index >= 15 is 0 Å². The van der Waals surface area contributed by atoms with E-state index in [-0.39, 0.29) is 5.91 Å². The van der Waals surface area contributed by atoms with Crippen molar-refractivity contribution in [2.24, 2.45) is 0 Å². The summed E-state index contributed by atoms with van der Waals surface area (Å²) in [5, 5.41) is 3.14. The van der Waals surface area contributed by atoms with Gasteiger partial charge in [-0.05, 0) is 26.9 Å². The number of nitrogens with one attached hydrogen (secondary N) is 1. The molecule has 1 amide bonds. The predicted octanol–water partition coefficient (Wildman–Crippen LogP) is 1.47. The second-order valence-corrected chi connectivity index (χ2v) is 5.73. The molecular formula is C15H25N5O. The number of aromatic nitrogens is 2. The molecule has 1 N–H and O–H groups in total. The number of nitrogens with zero attached hydrogens (tertiary/aromatic N) is 4. The summed E-state index contributed by atoms with van der Waals surface area (Å²) >= 11 is 0. The van der Waals surface area contributed by atoms with Crippen molar-refractivity contribution in [3.05, 3.63) is 18.0 Å². The van der Waals surface area contributed by atoms with Crippen LogP contribution in [0.5, 0.6) is 0 Å². The highest BCUT2D eigenvalue weighted by Crippen LogP contribution is 2.13. The first-order chi connectivity index (χ1) is 10.2. The van der Waals surface area contributed by atoms with Gasteiger partial charge in [0.05, 0.1) is 5.56 Å². The van der Waals surface area contributed by atoms with Gasteiger partial charge in [-0.25, -0.2) is 9.97 Å². The van der Waals surface area contributed by atoms with Gasteiger partial charge in [-0.15, -0.1) is 0 Å². The minimum atomic E-state index is 0.0525. The molecule has 1 aromatic rings. The molecule has 21 heavy (non-hydrogen) atoms. The minimum absolute atomic E-state index is 0.0525. The Labute approximate surface area is 126 Å². The van der Waals surface area contributed by atoms with Crippen LogP contribution >= 0.6 is 0 Å². The van der Waals surface area contributed by atoms with Crippen LogP contribution in [0.4, 0.5) is 5.95 Å². The monoisotopic (exact) mass is 291 g/mol. The van der Waals surface area contributed by atoms with Crippen molar-refractivity contribution in [1.82, 2.24) is 19.8 Å². The smallest absolute Gasteiger partial charge is 0.256 e. The van der Waals surface area contributed by atoms with Gasteiger partial charge in [0.2, 0.25) is 5.95 Å². The van der Waals surface area contributed by atoms with Gasteiger partial charge in [0.25, 0.3) is 5.91 Å². The summed E-state index contributed by atoms with van der Waals surface area (Å²) < 4.78 is 0. The van der Waals surface area contributed by atoms with Crippen LogP contribution < -0.4 is 5.32 Å². The molecule has 2 heterocycles. The van der Waals surface area contributed by atoms with Gasteiger partial charge in [-0.1, -0.05) is 12.8 Å². The van der Waals surface area contributed by atoms with Gasteiger partial charge >= 0.3 is 0 Å². The molecular weight excluding hydrogens is 266 g/mol. The third-order valence-corrected chi connectivity index (χ3v) is 3.63. The Kier molecular flexibility index (Phi) is 5.92. The average molecular weight is 291 g/mol. The zero-order valence-electron chi connectivity index (χ0n) is 13.0. The van der Waals surface area contributed by atoms with E-state index in [9.17, 15) is 4.79 Å². The van der Waals surface area contributed by atoms with Crippen molar-refractivity contribution in [3.8, 4) is 0 Å². The van der Waals surface area contributed by atoms with Gasteiger partial charge in [0, 0.05) is 38.6 Å². The highest BCUT2D eigenvalue weighted by atomic mass is 16.2. The summed E-state index contributed by atoms with van der Waals surface area (Å²) in [6.45, 7) is 3.40. The van der Waals surface area contributed by atoms with Crippen molar-refractivity contribution in [2.45, 2.75) is 25.7 Å². The lowest BCUT2D eigenvalue weighted by Crippen LogP contribution is -2.32. The fourth-order valence-corrected chi connectivity index (χ4v) is 2.38. The third kappa shape index (κ3) is 4.97. The zero-order chi connectivity index (χ0) is 15.1. The molecule has 1 fully saturated rings. The lowest BCUT2D eigenvalue weighted by atomic mass is 10.2. The summed E-state index contributed by atoms with van der Waals surface area (Å²) in [4.78, 5) is 24.8. The number of hydrogen-bond acceptors (Lipinski definition) is 5. The molecule has 1 saturated heterocycles. The molecule has 6 nitrogen and oxygen atoms in total. The molecule has 0 bridgehead atoms. The van der Waals surface area contributed by atoms with Crippen LogP contribution in [0, 0.1) is 0 Å². The van der Waals surface area contributed by atoms with Crippen molar-refractivity contribution >= 4 is 11.9 Å². The number of carbonyl (C=O) groups is 1. The molecule has 0 saturated carbocycles. The lowest BCUT2D eigenvalue weighted by molar-refractivity contribution is 0.0761. The fourth-order valence-electron chi connectivity index (χ4n) is 2.38. The van der Waals surface area contributed by atoms with Crippen LogP contribution in [-0.4, -0.2) is 65.9 Å². The molecule has 0 aliphatic carbocycles. The van der Waals surface area contributed by atoms with E-state index in [0.29, 0.717) is 11.5 Å². The number of rotatable bonds is 5. The molecule has 2 rings (SSSR count). The summed E-state index contributed by atoms with van der Waals surface area (Å²) in [6, 6.07) is 0. The molecule has 0 radical (unpaired) electrons. The first kappa shape index (κ1) is 15.7. The number of anilines is 1. The van der Waals surface area contributed by atoms with Crippen molar-refractivity contribution in [1.29, 1.82) is 0 Å². The Morgan fingerprint density at radius 3 is 2.38 bits per heavy atom. The number of hydrogen-bond donors (Lipinski definition) is 1. The predicted molar refractivity (Wildman–Crippen MR) is 83.4 cm³/mol. The summed E-state index contributed by atoms with van der Waals surface area (Å²) in [7, 11) is 4.04. The normalized spacial score (nSPS) is 15.9. The average Bonchev–Trinajstić information content (AvgIpc) is 2.76. The van der Waals surface area contributed by atoms with E-state index in [1.54, 1.807) is 12.4 Å². The molecule has 1 aliphatic heterocycles. The number of likely N-dealkylation sites (tertiary alicyclic amines) is 1. The Balaban J connectivity index is 1.89.